The highest BCUT2D eigenvalue weighted by Crippen LogP contribution is 2.44. The quantitative estimate of drug-likeness (QED) is 0.662. The van der Waals surface area contributed by atoms with E-state index >= 15 is 0 Å². The van der Waals surface area contributed by atoms with Gasteiger partial charge >= 0.3 is 0 Å². The first-order chi connectivity index (χ1) is 7.71. The van der Waals surface area contributed by atoms with Crippen molar-refractivity contribution in [2.75, 3.05) is 11.9 Å². The number of pyridine rings is 1. The lowest BCUT2D eigenvalue weighted by Gasteiger charge is -2.44. The Morgan fingerprint density at radius 3 is 2.69 bits per heavy atom. The van der Waals surface area contributed by atoms with Crippen LogP contribution in [0.1, 0.15) is 43.4 Å². The molecule has 1 fully saturated rings. The van der Waals surface area contributed by atoms with E-state index in [1.54, 1.807) is 0 Å². The Balaban J connectivity index is 2.03. The highest BCUT2D eigenvalue weighted by Gasteiger charge is 2.41. The van der Waals surface area contributed by atoms with Gasteiger partial charge in [-0.15, -0.1) is 0 Å². The lowest BCUT2D eigenvalue weighted by molar-refractivity contribution is 0.366. The smallest absolute Gasteiger partial charge is 0.132 e. The fraction of sp³-hybridized carbons (Fsp3) is 0.643. The van der Waals surface area contributed by atoms with Crippen molar-refractivity contribution in [3.63, 3.8) is 0 Å². The van der Waals surface area contributed by atoms with Crippen molar-refractivity contribution in [1.82, 2.24) is 4.98 Å². The molecular formula is C14H20N2. The van der Waals surface area contributed by atoms with Crippen LogP contribution < -0.4 is 4.90 Å². The van der Waals surface area contributed by atoms with Crippen molar-refractivity contribution in [3.05, 3.63) is 23.4 Å². The number of rotatable bonds is 0. The fourth-order valence-corrected chi connectivity index (χ4v) is 3.44. The number of hydrogen-bond donors (Lipinski definition) is 0. The van der Waals surface area contributed by atoms with Gasteiger partial charge in [0.25, 0.3) is 0 Å². The van der Waals surface area contributed by atoms with E-state index in [0.717, 1.165) is 5.69 Å². The molecule has 1 spiro atoms. The molecular weight excluding hydrogens is 196 g/mol. The van der Waals surface area contributed by atoms with Gasteiger partial charge < -0.3 is 4.90 Å². The summed E-state index contributed by atoms with van der Waals surface area (Å²) in [6, 6.07) is 4.40. The zero-order valence-electron chi connectivity index (χ0n) is 10.3. The Morgan fingerprint density at radius 1 is 1.19 bits per heavy atom. The fourth-order valence-electron chi connectivity index (χ4n) is 3.44. The normalized spacial score (nSPS) is 22.5. The maximum absolute atomic E-state index is 4.74. The van der Waals surface area contributed by atoms with E-state index in [2.05, 4.69) is 31.0 Å². The minimum Gasteiger partial charge on any atom is -0.354 e. The summed E-state index contributed by atoms with van der Waals surface area (Å²) in [6.07, 6.45) is 8.04. The number of aromatic nitrogens is 1. The molecule has 1 aliphatic heterocycles. The van der Waals surface area contributed by atoms with Crippen LogP contribution in [0.25, 0.3) is 0 Å². The van der Waals surface area contributed by atoms with E-state index in [4.69, 9.17) is 4.98 Å². The summed E-state index contributed by atoms with van der Waals surface area (Å²) in [6.45, 7) is 2.09. The lowest BCUT2D eigenvalue weighted by atomic mass is 9.84. The monoisotopic (exact) mass is 216 g/mol. The molecule has 0 bridgehead atoms. The molecule has 3 rings (SSSR count). The van der Waals surface area contributed by atoms with Crippen LogP contribution in [0, 0.1) is 6.92 Å². The van der Waals surface area contributed by atoms with Crippen LogP contribution in [-0.4, -0.2) is 17.6 Å². The molecule has 0 N–H and O–H groups in total. The molecule has 0 atom stereocenters. The largest absolute Gasteiger partial charge is 0.354 e. The van der Waals surface area contributed by atoms with Crippen LogP contribution in [0.2, 0.25) is 0 Å². The highest BCUT2D eigenvalue weighted by atomic mass is 15.2. The Hall–Kier alpha value is -1.05. The van der Waals surface area contributed by atoms with Gasteiger partial charge in [-0.2, -0.15) is 0 Å². The van der Waals surface area contributed by atoms with Crippen LogP contribution in [0.4, 0.5) is 5.82 Å². The summed E-state index contributed by atoms with van der Waals surface area (Å²) in [5, 5.41) is 0. The summed E-state index contributed by atoms with van der Waals surface area (Å²) >= 11 is 0. The van der Waals surface area contributed by atoms with E-state index in [-0.39, 0.29) is 0 Å². The average molecular weight is 216 g/mol. The number of nitrogens with zero attached hydrogens (tertiary/aromatic N) is 2. The van der Waals surface area contributed by atoms with Crippen molar-refractivity contribution < 1.29 is 0 Å². The first-order valence-electron chi connectivity index (χ1n) is 6.42. The number of hydrogen-bond acceptors (Lipinski definition) is 2. The molecule has 0 amide bonds. The van der Waals surface area contributed by atoms with Crippen LogP contribution in [0.15, 0.2) is 12.1 Å². The molecule has 1 aromatic rings. The maximum Gasteiger partial charge on any atom is 0.132 e. The maximum atomic E-state index is 4.74. The van der Waals surface area contributed by atoms with E-state index in [9.17, 15) is 0 Å². The molecule has 2 heterocycles. The molecule has 1 aromatic heterocycles. The van der Waals surface area contributed by atoms with Gasteiger partial charge in [0.2, 0.25) is 0 Å². The summed E-state index contributed by atoms with van der Waals surface area (Å²) in [5.74, 6) is 1.24. The van der Waals surface area contributed by atoms with Crippen molar-refractivity contribution in [1.29, 1.82) is 0 Å². The van der Waals surface area contributed by atoms with Crippen molar-refractivity contribution in [2.45, 2.75) is 51.0 Å². The Labute approximate surface area is 97.7 Å². The Kier molecular flexibility index (Phi) is 2.20. The molecule has 86 valence electrons. The topological polar surface area (TPSA) is 16.1 Å². The Morgan fingerprint density at radius 2 is 1.94 bits per heavy atom. The van der Waals surface area contributed by atoms with Gasteiger partial charge in [0.15, 0.2) is 0 Å². The van der Waals surface area contributed by atoms with E-state index in [0.29, 0.717) is 5.54 Å². The standard InChI is InChI=1S/C14H20N2/c1-11-5-6-12-7-10-14(8-3-4-9-14)16(2)13(12)15-11/h5-6H,3-4,7-10H2,1-2H3. The molecule has 16 heavy (non-hydrogen) atoms. The molecule has 1 aliphatic carbocycles. The predicted molar refractivity (Wildman–Crippen MR) is 66.9 cm³/mol. The van der Waals surface area contributed by atoms with E-state index in [1.807, 2.05) is 0 Å². The van der Waals surface area contributed by atoms with E-state index < -0.39 is 0 Å². The summed E-state index contributed by atoms with van der Waals surface area (Å²) in [7, 11) is 2.25. The van der Waals surface area contributed by atoms with Gasteiger partial charge in [-0.1, -0.05) is 18.9 Å². The molecule has 2 nitrogen and oxygen atoms in total. The third-order valence-corrected chi connectivity index (χ3v) is 4.52. The van der Waals surface area contributed by atoms with Crippen LogP contribution in [0.3, 0.4) is 0 Å². The molecule has 0 saturated heterocycles. The number of anilines is 1. The van der Waals surface area contributed by atoms with Gasteiger partial charge in [-0.25, -0.2) is 4.98 Å². The van der Waals surface area contributed by atoms with Crippen LogP contribution in [0.5, 0.6) is 0 Å². The summed E-state index contributed by atoms with van der Waals surface area (Å²) < 4.78 is 0. The van der Waals surface area contributed by atoms with Gasteiger partial charge in [0, 0.05) is 18.3 Å². The first kappa shape index (κ1) is 10.1. The minimum absolute atomic E-state index is 0.438. The molecule has 2 heteroatoms. The third-order valence-electron chi connectivity index (χ3n) is 4.52. The van der Waals surface area contributed by atoms with Gasteiger partial charge in [-0.05, 0) is 44.2 Å². The second-order valence-electron chi connectivity index (χ2n) is 5.43. The third kappa shape index (κ3) is 1.35. The van der Waals surface area contributed by atoms with E-state index in [1.165, 1.54) is 49.9 Å². The zero-order chi connectivity index (χ0) is 11.2. The van der Waals surface area contributed by atoms with Crippen LogP contribution >= 0.6 is 0 Å². The SMILES string of the molecule is Cc1ccc2c(n1)N(C)C1(CCCC1)CC2. The van der Waals surface area contributed by atoms with Crippen molar-refractivity contribution >= 4 is 5.82 Å². The van der Waals surface area contributed by atoms with Gasteiger partial charge in [0.1, 0.15) is 5.82 Å². The second-order valence-corrected chi connectivity index (χ2v) is 5.43. The lowest BCUT2D eigenvalue weighted by Crippen LogP contribution is -2.48. The molecule has 0 aromatic carbocycles. The Bertz CT molecular complexity index is 405. The molecule has 2 aliphatic rings. The molecule has 0 radical (unpaired) electrons. The average Bonchev–Trinajstić information content (AvgIpc) is 2.75. The van der Waals surface area contributed by atoms with Crippen molar-refractivity contribution in [2.24, 2.45) is 0 Å². The second kappa shape index (κ2) is 3.47. The zero-order valence-corrected chi connectivity index (χ0v) is 10.3. The number of fused-ring (bicyclic) bond motifs is 1. The predicted octanol–water partition coefficient (Wildman–Crippen LogP) is 3.09. The molecule has 0 unspecified atom stereocenters. The van der Waals surface area contributed by atoms with Gasteiger partial charge in [0.05, 0.1) is 0 Å². The van der Waals surface area contributed by atoms with Gasteiger partial charge in [-0.3, -0.25) is 0 Å². The van der Waals surface area contributed by atoms with Crippen LogP contribution in [-0.2, 0) is 6.42 Å². The minimum atomic E-state index is 0.438. The van der Waals surface area contributed by atoms with Crippen molar-refractivity contribution in [3.8, 4) is 0 Å². The first-order valence-corrected chi connectivity index (χ1v) is 6.42. The number of aryl methyl sites for hydroxylation is 2. The molecule has 1 saturated carbocycles. The highest BCUT2D eigenvalue weighted by molar-refractivity contribution is 5.52. The summed E-state index contributed by atoms with van der Waals surface area (Å²) in [5.41, 5.74) is 3.01. The summed E-state index contributed by atoms with van der Waals surface area (Å²) in [4.78, 5) is 7.22.